The van der Waals surface area contributed by atoms with Crippen LogP contribution in [-0.2, 0) is 6.42 Å². The Morgan fingerprint density at radius 1 is 1.29 bits per heavy atom. The molecule has 0 N–H and O–H groups in total. The third-order valence-corrected chi connectivity index (χ3v) is 4.38. The molecule has 0 saturated heterocycles. The van der Waals surface area contributed by atoms with E-state index in [-0.39, 0.29) is 17.8 Å². The number of fused-ring (bicyclic) bond motifs is 1. The summed E-state index contributed by atoms with van der Waals surface area (Å²) in [5, 5.41) is 0. The minimum absolute atomic E-state index is 0.114. The molecule has 1 heterocycles. The van der Waals surface area contributed by atoms with E-state index < -0.39 is 0 Å². The predicted octanol–water partition coefficient (Wildman–Crippen LogP) is 4.85. The summed E-state index contributed by atoms with van der Waals surface area (Å²) >= 11 is 6.09. The molecule has 0 radical (unpaired) electrons. The normalized spacial score (nSPS) is 18.1. The second kappa shape index (κ2) is 6.07. The quantitative estimate of drug-likeness (QED) is 0.734. The smallest absolute Gasteiger partial charge is 0.123 e. The van der Waals surface area contributed by atoms with E-state index in [9.17, 15) is 4.39 Å². The third kappa shape index (κ3) is 3.21. The molecule has 2 atom stereocenters. The van der Waals surface area contributed by atoms with Gasteiger partial charge in [0.25, 0.3) is 0 Å². The molecule has 2 aromatic rings. The Hall–Kier alpha value is -1.54. The highest BCUT2D eigenvalue weighted by molar-refractivity contribution is 6.18. The molecule has 3 heteroatoms. The van der Waals surface area contributed by atoms with Crippen molar-refractivity contribution in [2.24, 2.45) is 0 Å². The van der Waals surface area contributed by atoms with Crippen LogP contribution in [0.15, 0.2) is 42.5 Å². The Morgan fingerprint density at radius 3 is 2.90 bits per heavy atom. The second-order valence-electron chi connectivity index (χ2n) is 5.70. The maximum atomic E-state index is 13.4. The molecular weight excluding hydrogens is 287 g/mol. The molecule has 21 heavy (non-hydrogen) atoms. The van der Waals surface area contributed by atoms with E-state index in [2.05, 4.69) is 19.1 Å². The average molecular weight is 305 g/mol. The van der Waals surface area contributed by atoms with E-state index >= 15 is 0 Å². The number of alkyl halides is 1. The number of benzene rings is 2. The van der Waals surface area contributed by atoms with Crippen LogP contribution in [0.2, 0.25) is 0 Å². The molecule has 0 fully saturated rings. The summed E-state index contributed by atoms with van der Waals surface area (Å²) < 4.78 is 19.4. The first kappa shape index (κ1) is 14.4. The Kier molecular flexibility index (Phi) is 4.16. The van der Waals surface area contributed by atoms with Gasteiger partial charge in [0.15, 0.2) is 0 Å². The summed E-state index contributed by atoms with van der Waals surface area (Å²) in [5.74, 6) is 1.34. The van der Waals surface area contributed by atoms with Crippen molar-refractivity contribution in [3.8, 4) is 5.75 Å². The molecule has 3 rings (SSSR count). The molecule has 0 bridgehead atoms. The van der Waals surface area contributed by atoms with Crippen LogP contribution in [-0.4, -0.2) is 12.0 Å². The van der Waals surface area contributed by atoms with Crippen molar-refractivity contribution in [2.45, 2.75) is 31.8 Å². The highest BCUT2D eigenvalue weighted by atomic mass is 35.5. The van der Waals surface area contributed by atoms with Gasteiger partial charge in [-0.1, -0.05) is 29.8 Å². The van der Waals surface area contributed by atoms with Gasteiger partial charge in [0.1, 0.15) is 17.7 Å². The number of rotatable bonds is 4. The molecule has 110 valence electrons. The topological polar surface area (TPSA) is 9.23 Å². The summed E-state index contributed by atoms with van der Waals surface area (Å²) in [5.41, 5.74) is 3.45. The van der Waals surface area contributed by atoms with Gasteiger partial charge in [0.05, 0.1) is 0 Å². The fraction of sp³-hybridized carbons (Fsp3) is 0.333. The van der Waals surface area contributed by atoms with Crippen LogP contribution in [0.4, 0.5) is 4.39 Å². The molecule has 0 aliphatic carbocycles. The minimum atomic E-state index is -0.214. The predicted molar refractivity (Wildman–Crippen MR) is 83.8 cm³/mol. The van der Waals surface area contributed by atoms with E-state index in [1.165, 1.54) is 17.2 Å². The van der Waals surface area contributed by atoms with E-state index in [0.717, 1.165) is 24.2 Å². The Bertz CT molecular complexity index is 641. The van der Waals surface area contributed by atoms with Crippen LogP contribution >= 0.6 is 11.6 Å². The van der Waals surface area contributed by atoms with Gasteiger partial charge in [-0.25, -0.2) is 4.39 Å². The van der Waals surface area contributed by atoms with Crippen molar-refractivity contribution in [1.82, 2.24) is 0 Å². The molecule has 0 amide bonds. The Labute approximate surface area is 129 Å². The van der Waals surface area contributed by atoms with E-state index in [4.69, 9.17) is 16.3 Å². The Balaban J connectivity index is 1.72. The largest absolute Gasteiger partial charge is 0.490 e. The zero-order chi connectivity index (χ0) is 14.8. The molecule has 0 aromatic heterocycles. The van der Waals surface area contributed by atoms with Crippen molar-refractivity contribution in [2.75, 3.05) is 5.88 Å². The lowest BCUT2D eigenvalue weighted by molar-refractivity contribution is 0.212. The number of ether oxygens (including phenoxy) is 1. The maximum Gasteiger partial charge on any atom is 0.123 e. The fourth-order valence-corrected chi connectivity index (χ4v) is 3.25. The number of hydrogen-bond donors (Lipinski definition) is 0. The van der Waals surface area contributed by atoms with Crippen LogP contribution < -0.4 is 4.74 Å². The molecule has 1 aliphatic rings. The zero-order valence-electron chi connectivity index (χ0n) is 12.0. The first-order valence-electron chi connectivity index (χ1n) is 7.23. The van der Waals surface area contributed by atoms with E-state index in [0.29, 0.717) is 5.88 Å². The number of hydrogen-bond acceptors (Lipinski definition) is 1. The first-order chi connectivity index (χ1) is 10.2. The number of halogens is 2. The first-order valence-corrected chi connectivity index (χ1v) is 7.77. The van der Waals surface area contributed by atoms with Crippen molar-refractivity contribution in [1.29, 1.82) is 0 Å². The highest BCUT2D eigenvalue weighted by Gasteiger charge is 2.26. The van der Waals surface area contributed by atoms with Crippen LogP contribution in [0.3, 0.4) is 0 Å². The van der Waals surface area contributed by atoms with Gasteiger partial charge < -0.3 is 4.74 Å². The van der Waals surface area contributed by atoms with Crippen LogP contribution in [0.1, 0.15) is 29.0 Å². The van der Waals surface area contributed by atoms with Gasteiger partial charge in [-0.2, -0.15) is 0 Å². The van der Waals surface area contributed by atoms with Crippen molar-refractivity contribution in [3.05, 3.63) is 65.0 Å². The van der Waals surface area contributed by atoms with Crippen LogP contribution in [0, 0.1) is 12.7 Å². The Morgan fingerprint density at radius 2 is 2.14 bits per heavy atom. The molecule has 2 aromatic carbocycles. The van der Waals surface area contributed by atoms with Crippen LogP contribution in [0.5, 0.6) is 5.75 Å². The summed E-state index contributed by atoms with van der Waals surface area (Å²) in [6.45, 7) is 2.09. The molecule has 2 unspecified atom stereocenters. The molecule has 1 nitrogen and oxygen atoms in total. The summed E-state index contributed by atoms with van der Waals surface area (Å²) in [4.78, 5) is 0. The van der Waals surface area contributed by atoms with E-state index in [1.807, 2.05) is 12.1 Å². The molecular formula is C18H18ClFO. The maximum absolute atomic E-state index is 13.4. The van der Waals surface area contributed by atoms with Crippen LogP contribution in [0.25, 0.3) is 0 Å². The molecule has 0 spiro atoms. The lowest BCUT2D eigenvalue weighted by atomic mass is 9.93. The zero-order valence-corrected chi connectivity index (χ0v) is 12.7. The van der Waals surface area contributed by atoms with Gasteiger partial charge in [-0.15, -0.1) is 11.6 Å². The fourth-order valence-electron chi connectivity index (χ4n) is 2.95. The van der Waals surface area contributed by atoms with Gasteiger partial charge >= 0.3 is 0 Å². The average Bonchev–Trinajstić information content (AvgIpc) is 2.86. The van der Waals surface area contributed by atoms with Crippen molar-refractivity contribution >= 4 is 11.6 Å². The van der Waals surface area contributed by atoms with Gasteiger partial charge in [-0.3, -0.25) is 0 Å². The van der Waals surface area contributed by atoms with Gasteiger partial charge in [0.2, 0.25) is 0 Å². The lowest BCUT2D eigenvalue weighted by Crippen LogP contribution is -2.18. The third-order valence-electron chi connectivity index (χ3n) is 4.01. The number of aryl methyl sites for hydroxylation is 1. The van der Waals surface area contributed by atoms with Crippen molar-refractivity contribution < 1.29 is 9.13 Å². The molecule has 1 aliphatic heterocycles. The second-order valence-corrected chi connectivity index (χ2v) is 6.01. The van der Waals surface area contributed by atoms with Gasteiger partial charge in [-0.05, 0) is 42.7 Å². The summed E-state index contributed by atoms with van der Waals surface area (Å²) in [6, 6.07) is 13.0. The summed E-state index contributed by atoms with van der Waals surface area (Å²) in [6.07, 6.45) is 1.83. The minimum Gasteiger partial charge on any atom is -0.490 e. The summed E-state index contributed by atoms with van der Waals surface area (Å²) in [7, 11) is 0. The highest BCUT2D eigenvalue weighted by Crippen LogP contribution is 2.34. The van der Waals surface area contributed by atoms with Crippen molar-refractivity contribution in [3.63, 3.8) is 0 Å². The van der Waals surface area contributed by atoms with Gasteiger partial charge in [0, 0.05) is 18.2 Å². The monoisotopic (exact) mass is 304 g/mol. The van der Waals surface area contributed by atoms with E-state index in [1.54, 1.807) is 12.1 Å². The standard InChI is InChI=1S/C18H18ClFO/c1-12-5-6-18-14(7-12)9-17(21-18)10-15(11-19)13-3-2-4-16(20)8-13/h2-8,15,17H,9-11H2,1H3. The lowest BCUT2D eigenvalue weighted by Gasteiger charge is -2.19. The SMILES string of the molecule is Cc1ccc2c(c1)CC(CC(CCl)c1cccc(F)c1)O2. The molecule has 0 saturated carbocycles.